The molecule has 1 fully saturated rings. The monoisotopic (exact) mass is 282 g/mol. The summed E-state index contributed by atoms with van der Waals surface area (Å²) in [5.41, 5.74) is 2.14. The molecule has 1 saturated heterocycles. The van der Waals surface area contributed by atoms with Crippen LogP contribution >= 0.6 is 0 Å². The van der Waals surface area contributed by atoms with Gasteiger partial charge in [-0.3, -0.25) is 0 Å². The Kier molecular flexibility index (Phi) is 4.96. The van der Waals surface area contributed by atoms with Gasteiger partial charge in [-0.25, -0.2) is 13.1 Å². The Balaban J connectivity index is 1.86. The van der Waals surface area contributed by atoms with Crippen LogP contribution in [0.15, 0.2) is 24.3 Å². The number of hydrogen-bond acceptors (Lipinski definition) is 3. The zero-order valence-electron chi connectivity index (χ0n) is 11.4. The van der Waals surface area contributed by atoms with Crippen molar-refractivity contribution in [3.05, 3.63) is 35.4 Å². The van der Waals surface area contributed by atoms with Crippen molar-refractivity contribution >= 4 is 10.0 Å². The molecule has 2 rings (SSSR count). The minimum atomic E-state index is -3.20. The first-order chi connectivity index (χ1) is 9.05. The number of aryl methyl sites for hydroxylation is 1. The highest BCUT2D eigenvalue weighted by Gasteiger charge is 2.20. The molecule has 1 heterocycles. The lowest BCUT2D eigenvalue weighted by Crippen LogP contribution is -2.42. The number of rotatable bonds is 5. The standard InChI is InChI=1S/C14H22N2O2S/c1-12-5-4-6-13(9-12)10-16-19(17,18)11-14-7-2-3-8-15-14/h4-6,9,14-16H,2-3,7-8,10-11H2,1H3. The predicted octanol–water partition coefficient (Wildman–Crippen LogP) is 1.56. The molecular formula is C14H22N2O2S. The summed E-state index contributed by atoms with van der Waals surface area (Å²) >= 11 is 0. The molecule has 2 N–H and O–H groups in total. The highest BCUT2D eigenvalue weighted by molar-refractivity contribution is 7.89. The third-order valence-electron chi connectivity index (χ3n) is 3.41. The second-order valence-electron chi connectivity index (χ2n) is 5.24. The van der Waals surface area contributed by atoms with Crippen LogP contribution in [0, 0.1) is 6.92 Å². The average Bonchev–Trinajstić information content (AvgIpc) is 2.37. The van der Waals surface area contributed by atoms with Gasteiger partial charge in [-0.2, -0.15) is 0 Å². The molecule has 1 aliphatic rings. The second-order valence-corrected chi connectivity index (χ2v) is 7.09. The lowest BCUT2D eigenvalue weighted by Gasteiger charge is -2.23. The van der Waals surface area contributed by atoms with E-state index in [-0.39, 0.29) is 11.8 Å². The fourth-order valence-electron chi connectivity index (χ4n) is 2.41. The molecule has 1 aromatic rings. The number of hydrogen-bond donors (Lipinski definition) is 2. The van der Waals surface area contributed by atoms with Gasteiger partial charge < -0.3 is 5.32 Å². The van der Waals surface area contributed by atoms with Crippen LogP contribution in [0.5, 0.6) is 0 Å². The fourth-order valence-corrected chi connectivity index (χ4v) is 3.72. The van der Waals surface area contributed by atoms with Crippen molar-refractivity contribution in [2.45, 2.75) is 38.8 Å². The highest BCUT2D eigenvalue weighted by atomic mass is 32.2. The van der Waals surface area contributed by atoms with E-state index in [0.717, 1.165) is 36.9 Å². The van der Waals surface area contributed by atoms with Crippen molar-refractivity contribution in [1.29, 1.82) is 0 Å². The van der Waals surface area contributed by atoms with Gasteiger partial charge in [-0.15, -0.1) is 0 Å². The smallest absolute Gasteiger partial charge is 0.213 e. The summed E-state index contributed by atoms with van der Waals surface area (Å²) in [6, 6.07) is 7.99. The first-order valence-corrected chi connectivity index (χ1v) is 8.47. The van der Waals surface area contributed by atoms with Crippen LogP contribution in [0.1, 0.15) is 30.4 Å². The van der Waals surface area contributed by atoms with Gasteiger partial charge >= 0.3 is 0 Å². The normalized spacial score (nSPS) is 20.4. The van der Waals surface area contributed by atoms with Gasteiger partial charge in [0.2, 0.25) is 10.0 Å². The third-order valence-corrected chi connectivity index (χ3v) is 4.84. The summed E-state index contributed by atoms with van der Waals surface area (Å²) in [5, 5.41) is 3.26. The van der Waals surface area contributed by atoms with Crippen molar-refractivity contribution < 1.29 is 8.42 Å². The Hall–Kier alpha value is -0.910. The van der Waals surface area contributed by atoms with E-state index in [2.05, 4.69) is 10.0 Å². The van der Waals surface area contributed by atoms with Crippen molar-refractivity contribution in [2.24, 2.45) is 0 Å². The summed E-state index contributed by atoms with van der Waals surface area (Å²) in [6.07, 6.45) is 3.21. The van der Waals surface area contributed by atoms with Gasteiger partial charge in [0.25, 0.3) is 0 Å². The second kappa shape index (κ2) is 6.50. The molecule has 19 heavy (non-hydrogen) atoms. The summed E-state index contributed by atoms with van der Waals surface area (Å²) in [6.45, 7) is 3.30. The zero-order valence-corrected chi connectivity index (χ0v) is 12.2. The Labute approximate surface area is 115 Å². The Morgan fingerprint density at radius 3 is 2.89 bits per heavy atom. The molecule has 1 unspecified atom stereocenters. The minimum absolute atomic E-state index is 0.101. The van der Waals surface area contributed by atoms with Crippen molar-refractivity contribution in [3.8, 4) is 0 Å². The first-order valence-electron chi connectivity index (χ1n) is 6.81. The maximum atomic E-state index is 12.0. The fraction of sp³-hybridized carbons (Fsp3) is 0.571. The molecule has 0 spiro atoms. The molecule has 5 heteroatoms. The van der Waals surface area contributed by atoms with E-state index in [1.807, 2.05) is 31.2 Å². The predicted molar refractivity (Wildman–Crippen MR) is 77.4 cm³/mol. The quantitative estimate of drug-likeness (QED) is 0.861. The van der Waals surface area contributed by atoms with Crippen LogP contribution in [-0.4, -0.2) is 26.8 Å². The van der Waals surface area contributed by atoms with E-state index < -0.39 is 10.0 Å². The molecule has 1 aromatic carbocycles. The lowest BCUT2D eigenvalue weighted by atomic mass is 10.1. The lowest BCUT2D eigenvalue weighted by molar-refractivity contribution is 0.422. The Morgan fingerprint density at radius 2 is 2.21 bits per heavy atom. The van der Waals surface area contributed by atoms with Gasteiger partial charge in [-0.05, 0) is 31.9 Å². The minimum Gasteiger partial charge on any atom is -0.313 e. The molecule has 0 amide bonds. The van der Waals surface area contributed by atoms with Crippen molar-refractivity contribution in [3.63, 3.8) is 0 Å². The highest BCUT2D eigenvalue weighted by Crippen LogP contribution is 2.09. The van der Waals surface area contributed by atoms with Crippen LogP contribution in [0.25, 0.3) is 0 Å². The van der Waals surface area contributed by atoms with Gasteiger partial charge in [0.15, 0.2) is 0 Å². The van der Waals surface area contributed by atoms with E-state index >= 15 is 0 Å². The van der Waals surface area contributed by atoms with Crippen LogP contribution < -0.4 is 10.0 Å². The first kappa shape index (κ1) is 14.5. The van der Waals surface area contributed by atoms with E-state index in [9.17, 15) is 8.42 Å². The van der Waals surface area contributed by atoms with Crippen LogP contribution in [0.4, 0.5) is 0 Å². The maximum Gasteiger partial charge on any atom is 0.213 e. The maximum absolute atomic E-state index is 12.0. The molecule has 1 atom stereocenters. The molecule has 0 aliphatic carbocycles. The van der Waals surface area contributed by atoms with Crippen LogP contribution in [0.2, 0.25) is 0 Å². The molecule has 4 nitrogen and oxygen atoms in total. The molecule has 0 radical (unpaired) electrons. The third kappa shape index (κ3) is 4.93. The van der Waals surface area contributed by atoms with E-state index in [0.29, 0.717) is 6.54 Å². The summed E-state index contributed by atoms with van der Waals surface area (Å²) in [5.74, 6) is 0.179. The number of benzene rings is 1. The molecular weight excluding hydrogens is 260 g/mol. The van der Waals surface area contributed by atoms with E-state index in [4.69, 9.17) is 0 Å². The van der Waals surface area contributed by atoms with Crippen LogP contribution in [0.3, 0.4) is 0 Å². The van der Waals surface area contributed by atoms with Gasteiger partial charge in [0.1, 0.15) is 0 Å². The average molecular weight is 282 g/mol. The number of sulfonamides is 1. The van der Waals surface area contributed by atoms with E-state index in [1.165, 1.54) is 0 Å². The van der Waals surface area contributed by atoms with Crippen molar-refractivity contribution in [2.75, 3.05) is 12.3 Å². The summed E-state index contributed by atoms with van der Waals surface area (Å²) < 4.78 is 26.7. The van der Waals surface area contributed by atoms with Gasteiger partial charge in [0.05, 0.1) is 5.75 Å². The van der Waals surface area contributed by atoms with E-state index in [1.54, 1.807) is 0 Å². The zero-order chi connectivity index (χ0) is 13.7. The molecule has 1 aliphatic heterocycles. The molecule has 0 bridgehead atoms. The number of piperidine rings is 1. The summed E-state index contributed by atoms with van der Waals surface area (Å²) in [4.78, 5) is 0. The van der Waals surface area contributed by atoms with Gasteiger partial charge in [-0.1, -0.05) is 36.2 Å². The topological polar surface area (TPSA) is 58.2 Å². The van der Waals surface area contributed by atoms with Crippen LogP contribution in [-0.2, 0) is 16.6 Å². The molecule has 106 valence electrons. The summed E-state index contributed by atoms with van der Waals surface area (Å²) in [7, 11) is -3.20. The Bertz CT molecular complexity index is 508. The van der Waals surface area contributed by atoms with Crippen molar-refractivity contribution in [1.82, 2.24) is 10.0 Å². The largest absolute Gasteiger partial charge is 0.313 e. The Morgan fingerprint density at radius 1 is 1.37 bits per heavy atom. The molecule has 0 saturated carbocycles. The van der Waals surface area contributed by atoms with Gasteiger partial charge in [0, 0.05) is 12.6 Å². The SMILES string of the molecule is Cc1cccc(CNS(=O)(=O)CC2CCCCN2)c1. The molecule has 0 aromatic heterocycles. The number of nitrogens with one attached hydrogen (secondary N) is 2.